The highest BCUT2D eigenvalue weighted by molar-refractivity contribution is 5.29. The van der Waals surface area contributed by atoms with Crippen molar-refractivity contribution in [3.8, 4) is 23.7 Å². The zero-order valence-corrected chi connectivity index (χ0v) is 6.69. The van der Waals surface area contributed by atoms with E-state index in [1.54, 1.807) is 0 Å². The summed E-state index contributed by atoms with van der Waals surface area (Å²) in [5.74, 6) is 13.6. The molecule has 0 unspecified atom stereocenters. The van der Waals surface area contributed by atoms with Crippen LogP contribution in [-0.2, 0) is 0 Å². The molecule has 0 spiro atoms. The molecule has 0 amide bonds. The standard InChI is InChI=1S/C11H12/c1(2-5-11-8-9-11)4-10-6-3-7-10/h10-11H,3,6-9H2. The summed E-state index contributed by atoms with van der Waals surface area (Å²) in [4.78, 5) is 0. The van der Waals surface area contributed by atoms with Crippen molar-refractivity contribution >= 4 is 0 Å². The molecule has 0 aromatic rings. The second kappa shape index (κ2) is 3.02. The van der Waals surface area contributed by atoms with Crippen LogP contribution >= 0.6 is 0 Å². The van der Waals surface area contributed by atoms with Crippen molar-refractivity contribution in [1.82, 2.24) is 0 Å². The minimum absolute atomic E-state index is 0.684. The van der Waals surface area contributed by atoms with Crippen molar-refractivity contribution < 1.29 is 0 Å². The van der Waals surface area contributed by atoms with Gasteiger partial charge < -0.3 is 0 Å². The average Bonchev–Trinajstić information content (AvgIpc) is 2.66. The molecule has 0 atom stereocenters. The Morgan fingerprint density at radius 3 is 1.64 bits per heavy atom. The fourth-order valence-electron chi connectivity index (χ4n) is 1.06. The summed E-state index contributed by atoms with van der Waals surface area (Å²) in [5, 5.41) is 0. The Hall–Kier alpha value is -0.880. The summed E-state index contributed by atoms with van der Waals surface area (Å²) in [6, 6.07) is 0. The molecule has 2 aliphatic carbocycles. The minimum Gasteiger partial charge on any atom is -0.0857 e. The molecule has 0 saturated heterocycles. The summed E-state index contributed by atoms with van der Waals surface area (Å²) >= 11 is 0. The van der Waals surface area contributed by atoms with Crippen LogP contribution in [0, 0.1) is 35.5 Å². The fraction of sp³-hybridized carbons (Fsp3) is 0.636. The van der Waals surface area contributed by atoms with Crippen LogP contribution in [0.1, 0.15) is 32.1 Å². The van der Waals surface area contributed by atoms with Crippen molar-refractivity contribution in [3.05, 3.63) is 0 Å². The summed E-state index contributed by atoms with van der Waals surface area (Å²) in [7, 11) is 0. The van der Waals surface area contributed by atoms with Gasteiger partial charge in [-0.3, -0.25) is 0 Å². The van der Waals surface area contributed by atoms with Gasteiger partial charge in [-0.1, -0.05) is 18.3 Å². The van der Waals surface area contributed by atoms with E-state index in [2.05, 4.69) is 23.7 Å². The van der Waals surface area contributed by atoms with Crippen LogP contribution in [0.15, 0.2) is 0 Å². The maximum atomic E-state index is 3.18. The van der Waals surface area contributed by atoms with Crippen molar-refractivity contribution in [2.75, 3.05) is 0 Å². The van der Waals surface area contributed by atoms with Gasteiger partial charge in [-0.2, -0.15) is 0 Å². The number of hydrogen-bond acceptors (Lipinski definition) is 0. The summed E-state index contributed by atoms with van der Waals surface area (Å²) < 4.78 is 0. The Kier molecular flexibility index (Phi) is 1.87. The second-order valence-electron chi connectivity index (χ2n) is 3.44. The van der Waals surface area contributed by atoms with Gasteiger partial charge in [-0.05, 0) is 37.5 Å². The number of hydrogen-bond donors (Lipinski definition) is 0. The maximum Gasteiger partial charge on any atom is 0.0214 e. The highest BCUT2D eigenvalue weighted by Gasteiger charge is 2.17. The third-order valence-electron chi connectivity index (χ3n) is 2.30. The van der Waals surface area contributed by atoms with Crippen LogP contribution in [0.25, 0.3) is 0 Å². The van der Waals surface area contributed by atoms with Crippen LogP contribution in [-0.4, -0.2) is 0 Å². The van der Waals surface area contributed by atoms with E-state index in [0.717, 1.165) is 0 Å². The normalized spacial score (nSPS) is 22.2. The van der Waals surface area contributed by atoms with E-state index in [1.165, 1.54) is 32.1 Å². The summed E-state index contributed by atoms with van der Waals surface area (Å²) in [6.07, 6.45) is 6.59. The van der Waals surface area contributed by atoms with Crippen molar-refractivity contribution in [1.29, 1.82) is 0 Å². The molecule has 0 nitrogen and oxygen atoms in total. The smallest absolute Gasteiger partial charge is 0.0214 e. The second-order valence-corrected chi connectivity index (χ2v) is 3.44. The number of rotatable bonds is 0. The van der Waals surface area contributed by atoms with Gasteiger partial charge in [0.05, 0.1) is 0 Å². The lowest BCUT2D eigenvalue weighted by Crippen LogP contribution is -2.07. The molecule has 0 bridgehead atoms. The van der Waals surface area contributed by atoms with Crippen molar-refractivity contribution in [3.63, 3.8) is 0 Å². The van der Waals surface area contributed by atoms with Gasteiger partial charge >= 0.3 is 0 Å². The molecule has 2 aliphatic rings. The first kappa shape index (κ1) is 6.81. The summed E-state index contributed by atoms with van der Waals surface area (Å²) in [5.41, 5.74) is 0. The lowest BCUT2D eigenvalue weighted by Gasteiger charge is -2.18. The van der Waals surface area contributed by atoms with Crippen molar-refractivity contribution in [2.45, 2.75) is 32.1 Å². The van der Waals surface area contributed by atoms with Crippen molar-refractivity contribution in [2.24, 2.45) is 11.8 Å². The molecule has 0 N–H and O–H groups in total. The zero-order valence-electron chi connectivity index (χ0n) is 6.69. The van der Waals surface area contributed by atoms with Gasteiger partial charge in [-0.25, -0.2) is 0 Å². The molecule has 0 radical (unpaired) electrons. The molecule has 0 heterocycles. The maximum absolute atomic E-state index is 3.18. The fourth-order valence-corrected chi connectivity index (χ4v) is 1.06. The molecule has 2 rings (SSSR count). The van der Waals surface area contributed by atoms with E-state index in [1.807, 2.05) is 0 Å². The molecule has 56 valence electrons. The minimum atomic E-state index is 0.684. The van der Waals surface area contributed by atoms with Gasteiger partial charge in [0, 0.05) is 11.8 Å². The lowest BCUT2D eigenvalue weighted by molar-refractivity contribution is 0.402. The highest BCUT2D eigenvalue weighted by atomic mass is 14.2. The molecule has 2 saturated carbocycles. The monoisotopic (exact) mass is 144 g/mol. The van der Waals surface area contributed by atoms with E-state index >= 15 is 0 Å². The Balaban J connectivity index is 1.77. The Labute approximate surface area is 68.4 Å². The van der Waals surface area contributed by atoms with Crippen LogP contribution in [0.2, 0.25) is 0 Å². The Morgan fingerprint density at radius 2 is 1.27 bits per heavy atom. The van der Waals surface area contributed by atoms with E-state index in [4.69, 9.17) is 0 Å². The van der Waals surface area contributed by atoms with Crippen LogP contribution in [0.4, 0.5) is 0 Å². The lowest BCUT2D eigenvalue weighted by atomic mass is 9.86. The molecule has 0 aliphatic heterocycles. The van der Waals surface area contributed by atoms with Gasteiger partial charge in [0.25, 0.3) is 0 Å². The molecular formula is C11H12. The van der Waals surface area contributed by atoms with Crippen LogP contribution in [0.3, 0.4) is 0 Å². The largest absolute Gasteiger partial charge is 0.0857 e. The molecular weight excluding hydrogens is 132 g/mol. The first-order chi connectivity index (χ1) is 5.45. The van der Waals surface area contributed by atoms with Gasteiger partial charge in [0.1, 0.15) is 0 Å². The predicted molar refractivity (Wildman–Crippen MR) is 45.6 cm³/mol. The van der Waals surface area contributed by atoms with E-state index in [0.29, 0.717) is 11.8 Å². The molecule has 0 aromatic carbocycles. The third kappa shape index (κ3) is 2.02. The SMILES string of the molecule is C(C#CC1CC1)#CC1CCC1. The summed E-state index contributed by atoms with van der Waals surface area (Å²) in [6.45, 7) is 0. The quantitative estimate of drug-likeness (QED) is 0.457. The Morgan fingerprint density at radius 1 is 0.727 bits per heavy atom. The molecule has 0 aromatic heterocycles. The third-order valence-corrected chi connectivity index (χ3v) is 2.30. The average molecular weight is 144 g/mol. The Bertz CT molecular complexity index is 245. The molecule has 2 fully saturated rings. The van der Waals surface area contributed by atoms with Gasteiger partial charge in [0.2, 0.25) is 0 Å². The zero-order chi connectivity index (χ0) is 7.52. The van der Waals surface area contributed by atoms with Gasteiger partial charge in [-0.15, -0.1) is 0 Å². The van der Waals surface area contributed by atoms with Gasteiger partial charge in [0.15, 0.2) is 0 Å². The predicted octanol–water partition coefficient (Wildman–Crippen LogP) is 2.20. The molecule has 0 heteroatoms. The van der Waals surface area contributed by atoms with E-state index < -0.39 is 0 Å². The van der Waals surface area contributed by atoms with E-state index in [-0.39, 0.29) is 0 Å². The van der Waals surface area contributed by atoms with Crippen LogP contribution < -0.4 is 0 Å². The van der Waals surface area contributed by atoms with E-state index in [9.17, 15) is 0 Å². The highest BCUT2D eigenvalue weighted by Crippen LogP contribution is 2.27. The van der Waals surface area contributed by atoms with Crippen LogP contribution in [0.5, 0.6) is 0 Å². The first-order valence-electron chi connectivity index (χ1n) is 4.46. The first-order valence-corrected chi connectivity index (χ1v) is 4.46. The molecule has 11 heavy (non-hydrogen) atoms. The topological polar surface area (TPSA) is 0 Å².